The van der Waals surface area contributed by atoms with Gasteiger partial charge in [-0.3, -0.25) is 0 Å². The van der Waals surface area contributed by atoms with Gasteiger partial charge in [0.1, 0.15) is 0 Å². The van der Waals surface area contributed by atoms with Crippen LogP contribution in [0.25, 0.3) is 64.3 Å². The summed E-state index contributed by atoms with van der Waals surface area (Å²) in [5.41, 5.74) is 10.7. The molecule has 8 rings (SSSR count). The second-order valence-electron chi connectivity index (χ2n) is 11.0. The molecule has 0 fully saturated rings. The van der Waals surface area contributed by atoms with Gasteiger partial charge in [-0.25, -0.2) is 0 Å². The fraction of sp³-hybridized carbons (Fsp3) is 0.0811. The predicted molar refractivity (Wildman–Crippen MR) is 165 cm³/mol. The molecule has 180 valence electrons. The van der Waals surface area contributed by atoms with E-state index >= 15 is 0 Å². The molecule has 0 bridgehead atoms. The van der Waals surface area contributed by atoms with E-state index in [2.05, 4.69) is 135 Å². The quantitative estimate of drug-likeness (QED) is 0.220. The van der Waals surface area contributed by atoms with Crippen LogP contribution in [0, 0.1) is 0 Å². The van der Waals surface area contributed by atoms with Gasteiger partial charge in [-0.1, -0.05) is 111 Å². The molecular formula is C37H26S. The third-order valence-electron chi connectivity index (χ3n) is 8.47. The van der Waals surface area contributed by atoms with Crippen molar-refractivity contribution in [3.63, 3.8) is 0 Å². The Morgan fingerprint density at radius 3 is 2.00 bits per heavy atom. The Hall–Kier alpha value is -4.20. The zero-order valence-electron chi connectivity index (χ0n) is 21.5. The first-order valence-corrected chi connectivity index (χ1v) is 14.1. The molecule has 0 saturated heterocycles. The molecule has 0 atom stereocenters. The lowest BCUT2D eigenvalue weighted by Gasteiger charge is -2.22. The van der Waals surface area contributed by atoms with E-state index in [4.69, 9.17) is 0 Å². The molecular weight excluding hydrogens is 476 g/mol. The van der Waals surface area contributed by atoms with Crippen molar-refractivity contribution in [3.8, 4) is 33.4 Å². The lowest BCUT2D eigenvalue weighted by Crippen LogP contribution is -2.14. The molecule has 38 heavy (non-hydrogen) atoms. The summed E-state index contributed by atoms with van der Waals surface area (Å²) in [5.74, 6) is 0. The maximum atomic E-state index is 2.41. The van der Waals surface area contributed by atoms with Gasteiger partial charge in [-0.2, -0.15) is 0 Å². The van der Waals surface area contributed by atoms with Gasteiger partial charge in [0, 0.05) is 25.6 Å². The zero-order valence-corrected chi connectivity index (χ0v) is 22.3. The largest absolute Gasteiger partial charge is 0.135 e. The smallest absolute Gasteiger partial charge is 0.0433 e. The number of fused-ring (bicyclic) bond motifs is 7. The predicted octanol–water partition coefficient (Wildman–Crippen LogP) is 10.8. The zero-order chi connectivity index (χ0) is 25.4. The standard InChI is InChI=1S/C37H26S/c1-37(2)33-12-5-3-8-29(33)30-19-18-26(22-34(30)37)24-14-15-25-21-27(17-16-23(25)20-24)28-10-7-11-32-31-9-4-6-13-35(31)38-36(28)32/h3-22H,1-2H3. The summed E-state index contributed by atoms with van der Waals surface area (Å²) >= 11 is 1.89. The third-order valence-corrected chi connectivity index (χ3v) is 9.69. The Kier molecular flexibility index (Phi) is 4.54. The molecule has 0 amide bonds. The minimum atomic E-state index is 0.0152. The van der Waals surface area contributed by atoms with Crippen molar-refractivity contribution in [2.45, 2.75) is 19.3 Å². The van der Waals surface area contributed by atoms with Crippen LogP contribution in [0.4, 0.5) is 0 Å². The second kappa shape index (κ2) is 7.90. The Labute approximate surface area is 226 Å². The summed E-state index contributed by atoms with van der Waals surface area (Å²) < 4.78 is 2.72. The summed E-state index contributed by atoms with van der Waals surface area (Å²) in [6.45, 7) is 4.70. The van der Waals surface area contributed by atoms with Gasteiger partial charge in [0.05, 0.1) is 0 Å². The van der Waals surface area contributed by atoms with Crippen LogP contribution >= 0.6 is 11.3 Å². The van der Waals surface area contributed by atoms with Crippen molar-refractivity contribution < 1.29 is 0 Å². The van der Waals surface area contributed by atoms with Crippen LogP contribution in [-0.2, 0) is 5.41 Å². The minimum Gasteiger partial charge on any atom is -0.135 e. The molecule has 1 heterocycles. The van der Waals surface area contributed by atoms with Crippen molar-refractivity contribution in [2.24, 2.45) is 0 Å². The van der Waals surface area contributed by atoms with Gasteiger partial charge >= 0.3 is 0 Å². The Balaban J connectivity index is 1.21. The van der Waals surface area contributed by atoms with Crippen molar-refractivity contribution in [1.29, 1.82) is 0 Å². The van der Waals surface area contributed by atoms with Crippen LogP contribution < -0.4 is 0 Å². The Bertz CT molecular complexity index is 2050. The molecule has 0 saturated carbocycles. The second-order valence-corrected chi connectivity index (χ2v) is 12.0. The molecule has 0 radical (unpaired) electrons. The lowest BCUT2D eigenvalue weighted by molar-refractivity contribution is 0.660. The van der Waals surface area contributed by atoms with Crippen molar-refractivity contribution >= 4 is 42.3 Å². The minimum absolute atomic E-state index is 0.0152. The number of hydrogen-bond acceptors (Lipinski definition) is 1. The molecule has 1 aliphatic rings. The highest BCUT2D eigenvalue weighted by Gasteiger charge is 2.35. The lowest BCUT2D eigenvalue weighted by atomic mass is 9.81. The maximum absolute atomic E-state index is 2.41. The van der Waals surface area contributed by atoms with Crippen LogP contribution in [0.1, 0.15) is 25.0 Å². The Morgan fingerprint density at radius 2 is 1.11 bits per heavy atom. The van der Waals surface area contributed by atoms with Crippen molar-refractivity contribution in [2.75, 3.05) is 0 Å². The van der Waals surface area contributed by atoms with E-state index in [-0.39, 0.29) is 5.41 Å². The highest BCUT2D eigenvalue weighted by Crippen LogP contribution is 2.49. The molecule has 0 nitrogen and oxygen atoms in total. The SMILES string of the molecule is CC1(C)c2ccccc2-c2ccc(-c3ccc4cc(-c5cccc6c5sc5ccccc56)ccc4c3)cc21. The van der Waals surface area contributed by atoms with Crippen molar-refractivity contribution in [1.82, 2.24) is 0 Å². The van der Waals surface area contributed by atoms with E-state index in [1.165, 1.54) is 75.5 Å². The van der Waals surface area contributed by atoms with Gasteiger partial charge in [0.2, 0.25) is 0 Å². The Morgan fingerprint density at radius 1 is 0.474 bits per heavy atom. The highest BCUT2D eigenvalue weighted by atomic mass is 32.1. The van der Waals surface area contributed by atoms with E-state index < -0.39 is 0 Å². The van der Waals surface area contributed by atoms with Crippen LogP contribution in [0.3, 0.4) is 0 Å². The number of rotatable bonds is 2. The maximum Gasteiger partial charge on any atom is 0.0433 e. The summed E-state index contributed by atoms with van der Waals surface area (Å²) in [6.07, 6.45) is 0. The molecule has 1 aliphatic carbocycles. The van der Waals surface area contributed by atoms with Crippen molar-refractivity contribution in [3.05, 3.63) is 132 Å². The normalized spacial score (nSPS) is 13.7. The first kappa shape index (κ1) is 21.8. The fourth-order valence-corrected chi connectivity index (χ4v) is 7.69. The number of benzene rings is 6. The molecule has 1 aromatic heterocycles. The summed E-state index contributed by atoms with van der Waals surface area (Å²) in [7, 11) is 0. The van der Waals surface area contributed by atoms with Gasteiger partial charge in [-0.05, 0) is 79.5 Å². The van der Waals surface area contributed by atoms with E-state index in [1.54, 1.807) is 0 Å². The summed E-state index contributed by atoms with van der Waals surface area (Å²) in [4.78, 5) is 0. The first-order chi connectivity index (χ1) is 18.6. The molecule has 0 aliphatic heterocycles. The average Bonchev–Trinajstić information content (AvgIpc) is 3.45. The van der Waals surface area contributed by atoms with Gasteiger partial charge in [0.15, 0.2) is 0 Å². The number of thiophene rings is 1. The van der Waals surface area contributed by atoms with E-state index in [0.717, 1.165) is 0 Å². The van der Waals surface area contributed by atoms with Crippen LogP contribution in [0.2, 0.25) is 0 Å². The summed E-state index contributed by atoms with van der Waals surface area (Å²) in [6, 6.07) is 45.1. The van der Waals surface area contributed by atoms with Crippen LogP contribution in [0.5, 0.6) is 0 Å². The van der Waals surface area contributed by atoms with Crippen LogP contribution in [-0.4, -0.2) is 0 Å². The molecule has 0 unspecified atom stereocenters. The van der Waals surface area contributed by atoms with Gasteiger partial charge in [-0.15, -0.1) is 11.3 Å². The van der Waals surface area contributed by atoms with Crippen LogP contribution in [0.15, 0.2) is 121 Å². The van der Waals surface area contributed by atoms with E-state index in [0.29, 0.717) is 0 Å². The van der Waals surface area contributed by atoms with E-state index in [9.17, 15) is 0 Å². The first-order valence-electron chi connectivity index (χ1n) is 13.3. The molecule has 7 aromatic rings. The topological polar surface area (TPSA) is 0 Å². The number of hydrogen-bond donors (Lipinski definition) is 0. The third kappa shape index (κ3) is 3.09. The monoisotopic (exact) mass is 502 g/mol. The summed E-state index contributed by atoms with van der Waals surface area (Å²) in [5, 5.41) is 5.25. The highest BCUT2D eigenvalue weighted by molar-refractivity contribution is 7.26. The average molecular weight is 503 g/mol. The molecule has 0 spiro atoms. The molecule has 6 aromatic carbocycles. The molecule has 0 N–H and O–H groups in total. The fourth-order valence-electron chi connectivity index (χ4n) is 6.45. The molecule has 1 heteroatoms. The van der Waals surface area contributed by atoms with Gasteiger partial charge < -0.3 is 0 Å². The van der Waals surface area contributed by atoms with Gasteiger partial charge in [0.25, 0.3) is 0 Å². The van der Waals surface area contributed by atoms with E-state index in [1.807, 2.05) is 11.3 Å².